The molecule has 2 aliphatic heterocycles. The van der Waals surface area contributed by atoms with Crippen LogP contribution in [-0.2, 0) is 13.0 Å². The summed E-state index contributed by atoms with van der Waals surface area (Å²) >= 11 is 0. The van der Waals surface area contributed by atoms with Gasteiger partial charge in [0.25, 0.3) is 0 Å². The molecule has 0 spiro atoms. The Labute approximate surface area is 103 Å². The predicted octanol–water partition coefficient (Wildman–Crippen LogP) is 1.19. The van der Waals surface area contributed by atoms with Gasteiger partial charge >= 0.3 is 0 Å². The van der Waals surface area contributed by atoms with E-state index in [1.165, 1.54) is 43.9 Å². The molecule has 4 heteroatoms. The van der Waals surface area contributed by atoms with E-state index in [-0.39, 0.29) is 0 Å². The Morgan fingerprint density at radius 1 is 1.41 bits per heavy atom. The first-order valence-corrected chi connectivity index (χ1v) is 6.82. The maximum Gasteiger partial charge on any atom is 0.0955 e. The molecular weight excluding hydrogens is 212 g/mol. The molecule has 1 N–H and O–H groups in total. The Morgan fingerprint density at radius 2 is 2.24 bits per heavy atom. The molecule has 0 amide bonds. The summed E-state index contributed by atoms with van der Waals surface area (Å²) in [5.74, 6) is 0. The van der Waals surface area contributed by atoms with Gasteiger partial charge in [-0.2, -0.15) is 0 Å². The normalized spacial score (nSPS) is 22.6. The number of imidazole rings is 1. The second-order valence-corrected chi connectivity index (χ2v) is 5.33. The number of rotatable bonds is 3. The van der Waals surface area contributed by atoms with Gasteiger partial charge in [0.1, 0.15) is 0 Å². The molecule has 3 heterocycles. The Balaban J connectivity index is 1.71. The largest absolute Gasteiger partial charge is 0.330 e. The first-order chi connectivity index (χ1) is 8.34. The highest BCUT2D eigenvalue weighted by Gasteiger charge is 2.20. The maximum atomic E-state index is 4.53. The van der Waals surface area contributed by atoms with Crippen molar-refractivity contribution in [2.45, 2.75) is 38.8 Å². The molecular formula is C13H22N4. The number of fused-ring (bicyclic) bond motifs is 1. The number of hydrogen-bond donors (Lipinski definition) is 1. The lowest BCUT2D eigenvalue weighted by Gasteiger charge is -2.24. The Morgan fingerprint density at radius 3 is 3.06 bits per heavy atom. The van der Waals surface area contributed by atoms with Crippen molar-refractivity contribution in [3.05, 3.63) is 17.7 Å². The number of hydrogen-bond acceptors (Lipinski definition) is 3. The standard InChI is InChI=1S/C13H22N4/c1-11(9-16-6-2-3-7-16)17-10-15-12-8-14-5-4-13(12)17/h10-11,14H,2-9H2,1H3. The zero-order valence-corrected chi connectivity index (χ0v) is 10.7. The van der Waals surface area contributed by atoms with Crippen LogP contribution in [0.5, 0.6) is 0 Å². The van der Waals surface area contributed by atoms with E-state index in [9.17, 15) is 0 Å². The number of likely N-dealkylation sites (tertiary alicyclic amines) is 1. The summed E-state index contributed by atoms with van der Waals surface area (Å²) in [6, 6.07) is 0.558. The summed E-state index contributed by atoms with van der Waals surface area (Å²) in [5.41, 5.74) is 2.71. The molecule has 1 unspecified atom stereocenters. The minimum absolute atomic E-state index is 0.558. The quantitative estimate of drug-likeness (QED) is 0.852. The van der Waals surface area contributed by atoms with E-state index in [4.69, 9.17) is 0 Å². The lowest BCUT2D eigenvalue weighted by atomic mass is 10.1. The summed E-state index contributed by atoms with van der Waals surface area (Å²) < 4.78 is 2.40. The smallest absolute Gasteiger partial charge is 0.0955 e. The van der Waals surface area contributed by atoms with Crippen molar-refractivity contribution in [2.24, 2.45) is 0 Å². The molecule has 0 radical (unpaired) electrons. The molecule has 4 nitrogen and oxygen atoms in total. The summed E-state index contributed by atoms with van der Waals surface area (Å²) in [4.78, 5) is 7.12. The van der Waals surface area contributed by atoms with Crippen LogP contribution >= 0.6 is 0 Å². The average molecular weight is 234 g/mol. The van der Waals surface area contributed by atoms with Gasteiger partial charge in [-0.05, 0) is 32.9 Å². The van der Waals surface area contributed by atoms with Crippen LogP contribution in [0.25, 0.3) is 0 Å². The minimum Gasteiger partial charge on any atom is -0.330 e. The Hall–Kier alpha value is -0.870. The monoisotopic (exact) mass is 234 g/mol. The van der Waals surface area contributed by atoms with Gasteiger partial charge < -0.3 is 14.8 Å². The molecule has 0 aliphatic carbocycles. The Bertz CT molecular complexity index is 379. The first kappa shape index (κ1) is 11.2. The first-order valence-electron chi connectivity index (χ1n) is 6.82. The van der Waals surface area contributed by atoms with Gasteiger partial charge in [-0.25, -0.2) is 4.98 Å². The van der Waals surface area contributed by atoms with Gasteiger partial charge in [-0.15, -0.1) is 0 Å². The minimum atomic E-state index is 0.558. The van der Waals surface area contributed by atoms with E-state index in [1.54, 1.807) is 0 Å². The fraction of sp³-hybridized carbons (Fsp3) is 0.769. The summed E-state index contributed by atoms with van der Waals surface area (Å²) in [5, 5.41) is 3.38. The molecule has 17 heavy (non-hydrogen) atoms. The van der Waals surface area contributed by atoms with Crippen molar-refractivity contribution >= 4 is 0 Å². The molecule has 2 aliphatic rings. The topological polar surface area (TPSA) is 33.1 Å². The SMILES string of the molecule is CC(CN1CCCC1)n1cnc2c1CCNC2. The van der Waals surface area contributed by atoms with Crippen molar-refractivity contribution in [2.75, 3.05) is 26.2 Å². The van der Waals surface area contributed by atoms with Crippen LogP contribution in [0.1, 0.15) is 37.2 Å². The van der Waals surface area contributed by atoms with Gasteiger partial charge in [-0.3, -0.25) is 0 Å². The molecule has 1 atom stereocenters. The van der Waals surface area contributed by atoms with Crippen LogP contribution in [0.15, 0.2) is 6.33 Å². The highest BCUT2D eigenvalue weighted by atomic mass is 15.2. The zero-order chi connectivity index (χ0) is 11.7. The molecule has 0 bridgehead atoms. The highest BCUT2D eigenvalue weighted by molar-refractivity contribution is 5.17. The van der Waals surface area contributed by atoms with E-state index in [1.807, 2.05) is 6.33 Å². The van der Waals surface area contributed by atoms with Gasteiger partial charge in [0.15, 0.2) is 0 Å². The second-order valence-electron chi connectivity index (χ2n) is 5.33. The van der Waals surface area contributed by atoms with Crippen LogP contribution in [0.4, 0.5) is 0 Å². The van der Waals surface area contributed by atoms with E-state index >= 15 is 0 Å². The number of aromatic nitrogens is 2. The summed E-state index contributed by atoms with van der Waals surface area (Å²) in [6.07, 6.45) is 5.91. The Kier molecular flexibility index (Phi) is 3.16. The van der Waals surface area contributed by atoms with Crippen molar-refractivity contribution in [3.8, 4) is 0 Å². The summed E-state index contributed by atoms with van der Waals surface area (Å²) in [6.45, 7) is 8.10. The van der Waals surface area contributed by atoms with Crippen molar-refractivity contribution in [1.82, 2.24) is 19.8 Å². The third kappa shape index (κ3) is 2.24. The fourth-order valence-electron chi connectivity index (χ4n) is 3.07. The molecule has 94 valence electrons. The van der Waals surface area contributed by atoms with Gasteiger partial charge in [0, 0.05) is 37.8 Å². The maximum absolute atomic E-state index is 4.53. The van der Waals surface area contributed by atoms with E-state index in [0.717, 1.165) is 19.5 Å². The van der Waals surface area contributed by atoms with Crippen LogP contribution in [0, 0.1) is 0 Å². The van der Waals surface area contributed by atoms with Gasteiger partial charge in [-0.1, -0.05) is 0 Å². The van der Waals surface area contributed by atoms with Crippen molar-refractivity contribution in [1.29, 1.82) is 0 Å². The van der Waals surface area contributed by atoms with Gasteiger partial charge in [0.2, 0.25) is 0 Å². The van der Waals surface area contributed by atoms with Crippen molar-refractivity contribution < 1.29 is 0 Å². The lowest BCUT2D eigenvalue weighted by molar-refractivity contribution is 0.284. The average Bonchev–Trinajstić information content (AvgIpc) is 2.96. The van der Waals surface area contributed by atoms with E-state index < -0.39 is 0 Å². The third-order valence-electron chi connectivity index (χ3n) is 4.01. The summed E-state index contributed by atoms with van der Waals surface area (Å²) in [7, 11) is 0. The van der Waals surface area contributed by atoms with Crippen LogP contribution < -0.4 is 5.32 Å². The van der Waals surface area contributed by atoms with Gasteiger partial charge in [0.05, 0.1) is 12.0 Å². The second kappa shape index (κ2) is 4.78. The van der Waals surface area contributed by atoms with Crippen LogP contribution in [0.3, 0.4) is 0 Å². The number of nitrogens with zero attached hydrogens (tertiary/aromatic N) is 3. The highest BCUT2D eigenvalue weighted by Crippen LogP contribution is 2.19. The van der Waals surface area contributed by atoms with E-state index in [2.05, 4.69) is 26.7 Å². The molecule has 0 saturated carbocycles. The zero-order valence-electron chi connectivity index (χ0n) is 10.7. The van der Waals surface area contributed by atoms with Crippen LogP contribution in [-0.4, -0.2) is 40.6 Å². The van der Waals surface area contributed by atoms with E-state index in [0.29, 0.717) is 6.04 Å². The molecule has 1 fully saturated rings. The predicted molar refractivity (Wildman–Crippen MR) is 68.0 cm³/mol. The number of nitrogens with one attached hydrogen (secondary N) is 1. The fourth-order valence-corrected chi connectivity index (χ4v) is 3.07. The molecule has 1 aromatic rings. The lowest BCUT2D eigenvalue weighted by Crippen LogP contribution is -2.30. The molecule has 0 aromatic carbocycles. The third-order valence-corrected chi connectivity index (χ3v) is 4.01. The molecule has 1 saturated heterocycles. The molecule has 1 aromatic heterocycles. The van der Waals surface area contributed by atoms with Crippen molar-refractivity contribution in [3.63, 3.8) is 0 Å². The molecule has 3 rings (SSSR count). The van der Waals surface area contributed by atoms with Crippen LogP contribution in [0.2, 0.25) is 0 Å².